The van der Waals surface area contributed by atoms with Gasteiger partial charge in [0.15, 0.2) is 5.71 Å². The van der Waals surface area contributed by atoms with E-state index in [2.05, 4.69) is 10.3 Å². The second-order valence-electron chi connectivity index (χ2n) is 4.67. The van der Waals surface area contributed by atoms with Crippen molar-refractivity contribution >= 4 is 11.7 Å². The zero-order chi connectivity index (χ0) is 15.9. The molecule has 0 radical (unpaired) electrons. The monoisotopic (exact) mass is 301 g/mol. The Hall–Kier alpha value is -2.63. The highest BCUT2D eigenvalue weighted by Crippen LogP contribution is 2.20. The Morgan fingerprint density at radius 1 is 1.32 bits per heavy atom. The van der Waals surface area contributed by atoms with E-state index in [1.165, 1.54) is 7.11 Å². The molecule has 2 rings (SSSR count). The summed E-state index contributed by atoms with van der Waals surface area (Å²) in [7, 11) is 1.39. The fraction of sp³-hybridized carbons (Fsp3) is 0.312. The summed E-state index contributed by atoms with van der Waals surface area (Å²) in [6, 6.07) is 9.87. The van der Waals surface area contributed by atoms with Crippen molar-refractivity contribution in [2.45, 2.75) is 20.4 Å². The second kappa shape index (κ2) is 7.40. The van der Waals surface area contributed by atoms with Crippen LogP contribution in [0.5, 0.6) is 0 Å². The average Bonchev–Trinajstić information content (AvgIpc) is 2.88. The standard InChI is InChI=1S/C16H19N3O3/c1-4-22-16(20)14(18-21-3)11-19-10-12(2)15(17-19)13-8-6-5-7-9-13/h5-10H,4,11H2,1-3H3. The van der Waals surface area contributed by atoms with Crippen LogP contribution in [-0.2, 0) is 20.9 Å². The van der Waals surface area contributed by atoms with E-state index >= 15 is 0 Å². The van der Waals surface area contributed by atoms with Crippen molar-refractivity contribution in [1.29, 1.82) is 0 Å². The molecule has 0 saturated heterocycles. The zero-order valence-electron chi connectivity index (χ0n) is 12.9. The lowest BCUT2D eigenvalue weighted by atomic mass is 10.1. The molecule has 0 spiro atoms. The third-order valence-corrected chi connectivity index (χ3v) is 3.02. The van der Waals surface area contributed by atoms with E-state index in [0.29, 0.717) is 0 Å². The summed E-state index contributed by atoms with van der Waals surface area (Å²) in [5, 5.41) is 8.25. The predicted octanol–water partition coefficient (Wildman–Crippen LogP) is 2.42. The Balaban J connectivity index is 2.23. The summed E-state index contributed by atoms with van der Waals surface area (Å²) in [6.07, 6.45) is 1.87. The number of nitrogens with zero attached hydrogens (tertiary/aromatic N) is 3. The van der Waals surface area contributed by atoms with Crippen LogP contribution in [0.2, 0.25) is 0 Å². The normalized spacial score (nSPS) is 11.3. The molecule has 22 heavy (non-hydrogen) atoms. The lowest BCUT2D eigenvalue weighted by molar-refractivity contribution is -0.135. The summed E-state index contributed by atoms with van der Waals surface area (Å²) < 4.78 is 6.62. The lowest BCUT2D eigenvalue weighted by Gasteiger charge is -2.05. The van der Waals surface area contributed by atoms with E-state index in [1.54, 1.807) is 11.6 Å². The van der Waals surface area contributed by atoms with Crippen LogP contribution in [-0.4, -0.2) is 35.2 Å². The molecule has 1 aromatic heterocycles. The second-order valence-corrected chi connectivity index (χ2v) is 4.67. The van der Waals surface area contributed by atoms with E-state index in [4.69, 9.17) is 9.57 Å². The van der Waals surface area contributed by atoms with Crippen molar-refractivity contribution < 1.29 is 14.4 Å². The van der Waals surface area contributed by atoms with Crippen LogP contribution in [0.15, 0.2) is 41.7 Å². The van der Waals surface area contributed by atoms with E-state index in [0.717, 1.165) is 16.8 Å². The largest absolute Gasteiger partial charge is 0.461 e. The Bertz CT molecular complexity index is 663. The van der Waals surface area contributed by atoms with E-state index in [-0.39, 0.29) is 18.9 Å². The highest BCUT2D eigenvalue weighted by molar-refractivity contribution is 6.36. The van der Waals surface area contributed by atoms with Crippen molar-refractivity contribution in [2.24, 2.45) is 5.16 Å². The first-order chi connectivity index (χ1) is 10.7. The number of hydrogen-bond acceptors (Lipinski definition) is 5. The average molecular weight is 301 g/mol. The molecule has 0 aliphatic heterocycles. The van der Waals surface area contributed by atoms with E-state index < -0.39 is 5.97 Å². The summed E-state index contributed by atoms with van der Waals surface area (Å²) in [5.41, 5.74) is 3.10. The van der Waals surface area contributed by atoms with Crippen LogP contribution in [0.1, 0.15) is 12.5 Å². The van der Waals surface area contributed by atoms with E-state index in [9.17, 15) is 4.79 Å². The van der Waals surface area contributed by atoms with Gasteiger partial charge < -0.3 is 9.57 Å². The number of aromatic nitrogens is 2. The summed E-state index contributed by atoms with van der Waals surface area (Å²) in [5.74, 6) is -0.501. The van der Waals surface area contributed by atoms with Gasteiger partial charge in [0.1, 0.15) is 7.11 Å². The summed E-state index contributed by atoms with van der Waals surface area (Å²) in [4.78, 5) is 16.5. The third kappa shape index (κ3) is 3.72. The minimum Gasteiger partial charge on any atom is -0.461 e. The maximum Gasteiger partial charge on any atom is 0.358 e. The first-order valence-electron chi connectivity index (χ1n) is 7.02. The number of ether oxygens (including phenoxy) is 1. The van der Waals surface area contributed by atoms with Crippen molar-refractivity contribution in [3.05, 3.63) is 42.1 Å². The molecule has 1 aromatic carbocycles. The van der Waals surface area contributed by atoms with E-state index in [1.807, 2.05) is 43.5 Å². The van der Waals surface area contributed by atoms with Crippen LogP contribution >= 0.6 is 0 Å². The molecule has 1 heterocycles. The maximum atomic E-state index is 11.8. The van der Waals surface area contributed by atoms with Crippen molar-refractivity contribution in [1.82, 2.24) is 9.78 Å². The van der Waals surface area contributed by atoms with Gasteiger partial charge in [0.05, 0.1) is 18.8 Å². The molecule has 0 atom stereocenters. The lowest BCUT2D eigenvalue weighted by Crippen LogP contribution is -2.23. The van der Waals surface area contributed by atoms with Gasteiger partial charge in [-0.1, -0.05) is 35.5 Å². The van der Waals surface area contributed by atoms with Gasteiger partial charge in [0, 0.05) is 11.8 Å². The molecule has 0 N–H and O–H groups in total. The van der Waals surface area contributed by atoms with Crippen molar-refractivity contribution in [3.63, 3.8) is 0 Å². The molecule has 2 aromatic rings. The van der Waals surface area contributed by atoms with Gasteiger partial charge in [-0.15, -0.1) is 0 Å². The van der Waals surface area contributed by atoms with Crippen LogP contribution < -0.4 is 0 Å². The van der Waals surface area contributed by atoms with Crippen LogP contribution in [0.3, 0.4) is 0 Å². The molecule has 0 aliphatic carbocycles. The number of carbonyl (C=O) groups is 1. The number of esters is 1. The predicted molar refractivity (Wildman–Crippen MR) is 83.5 cm³/mol. The zero-order valence-corrected chi connectivity index (χ0v) is 12.9. The minimum absolute atomic E-state index is 0.173. The molecular weight excluding hydrogens is 282 g/mol. The fourth-order valence-corrected chi connectivity index (χ4v) is 2.09. The summed E-state index contributed by atoms with van der Waals surface area (Å²) >= 11 is 0. The van der Waals surface area contributed by atoms with Gasteiger partial charge in [0.25, 0.3) is 0 Å². The summed E-state index contributed by atoms with van der Waals surface area (Å²) in [6.45, 7) is 4.20. The van der Waals surface area contributed by atoms with Gasteiger partial charge >= 0.3 is 5.97 Å². The number of oxime groups is 1. The molecule has 0 amide bonds. The molecule has 0 unspecified atom stereocenters. The number of aryl methyl sites for hydroxylation is 1. The smallest absolute Gasteiger partial charge is 0.358 e. The molecule has 0 saturated carbocycles. The number of carbonyl (C=O) groups excluding carboxylic acids is 1. The number of rotatable bonds is 6. The molecule has 6 nitrogen and oxygen atoms in total. The molecular formula is C16H19N3O3. The highest BCUT2D eigenvalue weighted by atomic mass is 16.6. The first-order valence-corrected chi connectivity index (χ1v) is 7.02. The maximum absolute atomic E-state index is 11.8. The van der Waals surface area contributed by atoms with Gasteiger partial charge in [0.2, 0.25) is 0 Å². The molecule has 6 heteroatoms. The molecule has 0 aliphatic rings. The van der Waals surface area contributed by atoms with Crippen LogP contribution in [0.4, 0.5) is 0 Å². The number of hydrogen-bond donors (Lipinski definition) is 0. The Morgan fingerprint density at radius 3 is 2.68 bits per heavy atom. The van der Waals surface area contributed by atoms with Crippen LogP contribution in [0, 0.1) is 6.92 Å². The topological polar surface area (TPSA) is 65.7 Å². The van der Waals surface area contributed by atoms with Gasteiger partial charge in [-0.25, -0.2) is 4.79 Å². The quantitative estimate of drug-likeness (QED) is 0.467. The van der Waals surface area contributed by atoms with Gasteiger partial charge in [-0.3, -0.25) is 4.68 Å². The fourth-order valence-electron chi connectivity index (χ4n) is 2.09. The SMILES string of the molecule is CCOC(=O)C(Cn1cc(C)c(-c2ccccc2)n1)=NOC. The highest BCUT2D eigenvalue weighted by Gasteiger charge is 2.16. The van der Waals surface area contributed by atoms with Crippen LogP contribution in [0.25, 0.3) is 11.3 Å². The van der Waals surface area contributed by atoms with Crippen molar-refractivity contribution in [3.8, 4) is 11.3 Å². The molecule has 0 bridgehead atoms. The Morgan fingerprint density at radius 2 is 2.05 bits per heavy atom. The van der Waals surface area contributed by atoms with Gasteiger partial charge in [-0.05, 0) is 19.4 Å². The first kappa shape index (κ1) is 15.8. The number of benzene rings is 1. The third-order valence-electron chi connectivity index (χ3n) is 3.02. The molecule has 0 fully saturated rings. The minimum atomic E-state index is -0.501. The van der Waals surface area contributed by atoms with Crippen molar-refractivity contribution in [2.75, 3.05) is 13.7 Å². The Labute approximate surface area is 129 Å². The van der Waals surface area contributed by atoms with Gasteiger partial charge in [-0.2, -0.15) is 5.10 Å². The Kier molecular flexibility index (Phi) is 5.30. The molecule has 116 valence electrons.